The normalized spacial score (nSPS) is 11.1. The maximum atomic E-state index is 14.5. The first-order chi connectivity index (χ1) is 22.8. The molecule has 13 heteroatoms. The Kier molecular flexibility index (Phi) is 11.4. The Bertz CT molecular complexity index is 1800. The average Bonchev–Trinajstić information content (AvgIpc) is 3.08. The Labute approximate surface area is 269 Å². The molecule has 0 heterocycles. The highest BCUT2D eigenvalue weighted by atomic mass is 19.3. The van der Waals surface area contributed by atoms with Gasteiger partial charge in [-0.15, -0.1) is 0 Å². The van der Waals surface area contributed by atoms with Gasteiger partial charge in [-0.05, 0) is 79.2 Å². The molecule has 0 fully saturated rings. The first-order valence-electron chi connectivity index (χ1n) is 14.2. The zero-order valence-electron chi connectivity index (χ0n) is 24.9. The van der Waals surface area contributed by atoms with Gasteiger partial charge in [0.15, 0.2) is 29.8 Å². The molecule has 0 bridgehead atoms. The predicted octanol–water partition coefficient (Wildman–Crippen LogP) is 8.55. The monoisotopic (exact) mass is 676 g/mol. The molecule has 0 aliphatic rings. The van der Waals surface area contributed by atoms with E-state index >= 15 is 0 Å². The summed E-state index contributed by atoms with van der Waals surface area (Å²) in [5.74, 6) is -9.20. The Morgan fingerprint density at radius 1 is 0.708 bits per heavy atom. The highest BCUT2D eigenvalue weighted by Gasteiger charge is 2.41. The van der Waals surface area contributed by atoms with Crippen LogP contribution in [-0.4, -0.2) is 37.3 Å². The van der Waals surface area contributed by atoms with Crippen LogP contribution >= 0.6 is 0 Å². The Hall–Kier alpha value is -5.38. The summed E-state index contributed by atoms with van der Waals surface area (Å²) in [6, 6.07) is 15.5. The Balaban J connectivity index is 1.37. The quantitative estimate of drug-likeness (QED) is 0.0286. The molecule has 5 nitrogen and oxygen atoms in total. The van der Waals surface area contributed by atoms with E-state index in [0.717, 1.165) is 0 Å². The molecule has 0 saturated carbocycles. The fourth-order valence-corrected chi connectivity index (χ4v) is 3.94. The lowest BCUT2D eigenvalue weighted by molar-refractivity contribution is -0.148. The number of alkyl halides is 4. The summed E-state index contributed by atoms with van der Waals surface area (Å²) < 4.78 is 123. The standard InChI is InChI=1S/C35H24F8O5/c1-2-3-18-46-32-29(38)27(36)26(28(37)30(32)39)17-6-20-4-7-23(8-5-20)33(45)48-25-15-11-22(12-16-25)31(44)21-9-13-24(14-10-21)47-19-35(42,43)34(40)41/h4-5,7-16,34H,2-3,18-19H2,1H3. The zero-order valence-corrected chi connectivity index (χ0v) is 24.9. The second kappa shape index (κ2) is 15.5. The molecule has 0 aromatic heterocycles. The van der Waals surface area contributed by atoms with Crippen LogP contribution in [0.3, 0.4) is 0 Å². The summed E-state index contributed by atoms with van der Waals surface area (Å²) in [6.45, 7) is 0.130. The van der Waals surface area contributed by atoms with E-state index in [9.17, 15) is 44.7 Å². The van der Waals surface area contributed by atoms with Crippen molar-refractivity contribution in [2.45, 2.75) is 32.1 Å². The molecule has 0 aliphatic carbocycles. The molecule has 250 valence electrons. The van der Waals surface area contributed by atoms with Crippen molar-refractivity contribution in [3.63, 3.8) is 0 Å². The summed E-state index contributed by atoms with van der Waals surface area (Å²) >= 11 is 0. The molecule has 0 N–H and O–H groups in total. The van der Waals surface area contributed by atoms with E-state index in [2.05, 4.69) is 16.6 Å². The maximum Gasteiger partial charge on any atom is 0.343 e. The minimum Gasteiger partial charge on any atom is -0.487 e. The van der Waals surface area contributed by atoms with Crippen LogP contribution in [0.2, 0.25) is 0 Å². The van der Waals surface area contributed by atoms with Gasteiger partial charge in [-0.3, -0.25) is 4.79 Å². The van der Waals surface area contributed by atoms with Crippen molar-refractivity contribution in [2.75, 3.05) is 13.2 Å². The summed E-state index contributed by atoms with van der Waals surface area (Å²) in [5, 5.41) is 0. The largest absolute Gasteiger partial charge is 0.487 e. The highest BCUT2D eigenvalue weighted by molar-refractivity contribution is 6.09. The number of benzene rings is 4. The number of ether oxygens (including phenoxy) is 3. The number of halogens is 8. The van der Waals surface area contributed by atoms with Gasteiger partial charge in [0.25, 0.3) is 0 Å². The first kappa shape index (κ1) is 35.5. The molecule has 0 amide bonds. The van der Waals surface area contributed by atoms with E-state index in [4.69, 9.17) is 9.47 Å². The minimum absolute atomic E-state index is 0.0531. The van der Waals surface area contributed by atoms with Crippen LogP contribution in [0.4, 0.5) is 35.1 Å². The molecule has 0 spiro atoms. The number of unbranched alkanes of at least 4 members (excludes halogenated alkanes) is 1. The lowest BCUT2D eigenvalue weighted by atomic mass is 10.0. The smallest absolute Gasteiger partial charge is 0.343 e. The molecule has 48 heavy (non-hydrogen) atoms. The molecule has 4 aromatic carbocycles. The molecule has 0 unspecified atom stereocenters. The molecular weight excluding hydrogens is 652 g/mol. The second-order valence-corrected chi connectivity index (χ2v) is 10.1. The van der Waals surface area contributed by atoms with Gasteiger partial charge < -0.3 is 14.2 Å². The van der Waals surface area contributed by atoms with Crippen molar-refractivity contribution < 1.29 is 58.9 Å². The zero-order chi connectivity index (χ0) is 35.0. The van der Waals surface area contributed by atoms with Crippen LogP contribution in [0.25, 0.3) is 0 Å². The van der Waals surface area contributed by atoms with E-state index in [0.29, 0.717) is 12.8 Å². The van der Waals surface area contributed by atoms with Crippen LogP contribution in [0.5, 0.6) is 17.2 Å². The maximum absolute atomic E-state index is 14.5. The summed E-state index contributed by atoms with van der Waals surface area (Å²) in [6.07, 6.45) is -2.83. The van der Waals surface area contributed by atoms with Crippen molar-refractivity contribution in [2.24, 2.45) is 0 Å². The number of rotatable bonds is 12. The lowest BCUT2D eigenvalue weighted by Crippen LogP contribution is -2.33. The van der Waals surface area contributed by atoms with Gasteiger partial charge in [-0.2, -0.15) is 17.6 Å². The third-order valence-corrected chi connectivity index (χ3v) is 6.61. The Morgan fingerprint density at radius 2 is 1.23 bits per heavy atom. The van der Waals surface area contributed by atoms with Crippen LogP contribution < -0.4 is 14.2 Å². The van der Waals surface area contributed by atoms with Crippen molar-refractivity contribution in [3.05, 3.63) is 124 Å². The second-order valence-electron chi connectivity index (χ2n) is 10.1. The third-order valence-electron chi connectivity index (χ3n) is 6.61. The van der Waals surface area contributed by atoms with Crippen molar-refractivity contribution >= 4 is 11.8 Å². The fourth-order valence-electron chi connectivity index (χ4n) is 3.94. The summed E-state index contributed by atoms with van der Waals surface area (Å²) in [7, 11) is 0. The minimum atomic E-state index is -4.33. The highest BCUT2D eigenvalue weighted by Crippen LogP contribution is 2.30. The van der Waals surface area contributed by atoms with Crippen LogP contribution in [-0.2, 0) is 0 Å². The molecule has 4 rings (SSSR count). The first-order valence-corrected chi connectivity index (χ1v) is 14.2. The number of ketones is 1. The van der Waals surface area contributed by atoms with Crippen LogP contribution in [0.1, 0.15) is 57.2 Å². The van der Waals surface area contributed by atoms with Gasteiger partial charge in [0.1, 0.15) is 17.1 Å². The van der Waals surface area contributed by atoms with Crippen LogP contribution in [0.15, 0.2) is 72.8 Å². The molecule has 0 aliphatic heterocycles. The number of carbonyl (C=O) groups is 2. The van der Waals surface area contributed by atoms with Crippen molar-refractivity contribution in [1.82, 2.24) is 0 Å². The fraction of sp³-hybridized carbons (Fsp3) is 0.200. The third kappa shape index (κ3) is 8.50. The molecule has 0 atom stereocenters. The number of hydrogen-bond donors (Lipinski definition) is 0. The molecule has 0 saturated heterocycles. The summed E-state index contributed by atoms with van der Waals surface area (Å²) in [5.41, 5.74) is -0.591. The molecule has 0 radical (unpaired) electrons. The number of hydrogen-bond acceptors (Lipinski definition) is 5. The van der Waals surface area contributed by atoms with Crippen LogP contribution in [0, 0.1) is 35.1 Å². The topological polar surface area (TPSA) is 61.8 Å². The SMILES string of the molecule is CCCCOc1c(F)c(F)c(C#Cc2ccc(C(=O)Oc3ccc(C(=O)c4ccc(OCC(F)(F)C(F)F)cc4)cc3)cc2)c(F)c1F. The van der Waals surface area contributed by atoms with Gasteiger partial charge in [-0.1, -0.05) is 25.2 Å². The van der Waals surface area contributed by atoms with Gasteiger partial charge in [0.2, 0.25) is 11.6 Å². The average molecular weight is 677 g/mol. The van der Waals surface area contributed by atoms with Crippen molar-refractivity contribution in [3.8, 4) is 29.1 Å². The van der Waals surface area contributed by atoms with Gasteiger partial charge in [0, 0.05) is 16.7 Å². The van der Waals surface area contributed by atoms with E-state index in [1.165, 1.54) is 72.8 Å². The van der Waals surface area contributed by atoms with Gasteiger partial charge in [-0.25, -0.2) is 22.4 Å². The molecular formula is C35H24F8O5. The number of carbonyl (C=O) groups excluding carboxylic acids is 2. The summed E-state index contributed by atoms with van der Waals surface area (Å²) in [4.78, 5) is 25.4. The van der Waals surface area contributed by atoms with E-state index in [-0.39, 0.29) is 40.4 Å². The van der Waals surface area contributed by atoms with Gasteiger partial charge in [0.05, 0.1) is 12.2 Å². The number of esters is 1. The van der Waals surface area contributed by atoms with E-state index < -0.39 is 65.3 Å². The van der Waals surface area contributed by atoms with Gasteiger partial charge >= 0.3 is 18.3 Å². The Morgan fingerprint density at radius 3 is 1.75 bits per heavy atom. The lowest BCUT2D eigenvalue weighted by Gasteiger charge is -2.16. The van der Waals surface area contributed by atoms with Crippen molar-refractivity contribution in [1.29, 1.82) is 0 Å². The molecule has 4 aromatic rings. The van der Waals surface area contributed by atoms with E-state index in [1.54, 1.807) is 6.92 Å². The van der Waals surface area contributed by atoms with E-state index in [1.807, 2.05) is 0 Å². The predicted molar refractivity (Wildman–Crippen MR) is 157 cm³/mol.